The molecule has 0 heterocycles. The van der Waals surface area contributed by atoms with Gasteiger partial charge in [0, 0.05) is 21.1 Å². The molecule has 0 saturated carbocycles. The van der Waals surface area contributed by atoms with Gasteiger partial charge in [0.2, 0.25) is 0 Å². The molecule has 0 fully saturated rings. The third-order valence-electron chi connectivity index (χ3n) is 0. The van der Waals surface area contributed by atoms with E-state index in [1.54, 1.807) is 0 Å². The summed E-state index contributed by atoms with van der Waals surface area (Å²) in [6.45, 7) is 0. The first-order chi connectivity index (χ1) is 1.73. The van der Waals surface area contributed by atoms with E-state index >= 15 is 0 Å². The Labute approximate surface area is 47.5 Å². The molecule has 0 aromatic heterocycles. The first-order valence-electron chi connectivity index (χ1n) is 0.742. The first kappa shape index (κ1) is 9.25. The molecule has 0 bridgehead atoms. The van der Waals surface area contributed by atoms with Gasteiger partial charge < -0.3 is 4.55 Å². The molecule has 0 radical (unpaired) electrons. The molecule has 0 aromatic rings. The Bertz CT molecular complexity index is 32.6. The normalized spacial score (nSPS) is 12.4. The Morgan fingerprint density at radius 1 is 1.80 bits per heavy atom. The molecule has 4 heteroatoms. The van der Waals surface area contributed by atoms with E-state index in [-0.39, 0.29) is 21.1 Å². The fraction of sp³-hybridized carbons (Fsp3) is 1.00. The molecule has 0 N–H and O–H groups in total. The summed E-state index contributed by atoms with van der Waals surface area (Å²) >= 11 is -1.86. The van der Waals surface area contributed by atoms with Gasteiger partial charge in [-0.15, -0.1) is 0 Å². The SMILES string of the molecule is CS(=O)[O-].[W]. The maximum absolute atomic E-state index is 9.00. The Morgan fingerprint density at radius 2 is 1.80 bits per heavy atom. The summed E-state index contributed by atoms with van der Waals surface area (Å²) in [5.41, 5.74) is 0. The largest absolute Gasteiger partial charge is 0.773 e. The summed E-state index contributed by atoms with van der Waals surface area (Å²) in [5, 5.41) is 0. The zero-order valence-electron chi connectivity index (χ0n) is 2.63. The monoisotopic (exact) mass is 263 g/mol. The van der Waals surface area contributed by atoms with Crippen LogP contribution < -0.4 is 0 Å². The van der Waals surface area contributed by atoms with Crippen molar-refractivity contribution in [3.63, 3.8) is 0 Å². The minimum atomic E-state index is -1.86. The van der Waals surface area contributed by atoms with Crippen LogP contribution >= 0.6 is 0 Å². The van der Waals surface area contributed by atoms with E-state index in [1.807, 2.05) is 0 Å². The Kier molecular flexibility index (Phi) is 8.88. The van der Waals surface area contributed by atoms with Crippen LogP contribution in [-0.2, 0) is 32.1 Å². The van der Waals surface area contributed by atoms with Crippen LogP contribution in [0, 0.1) is 0 Å². The smallest absolute Gasteiger partial charge is 0 e. The quantitative estimate of drug-likeness (QED) is 0.552. The van der Waals surface area contributed by atoms with Crippen LogP contribution in [0.2, 0.25) is 0 Å². The van der Waals surface area contributed by atoms with Gasteiger partial charge in [0.25, 0.3) is 0 Å². The topological polar surface area (TPSA) is 40.1 Å². The van der Waals surface area contributed by atoms with Gasteiger partial charge in [-0.1, -0.05) is 11.1 Å². The number of hydrogen-bond donors (Lipinski definition) is 0. The van der Waals surface area contributed by atoms with Gasteiger partial charge >= 0.3 is 0 Å². The summed E-state index contributed by atoms with van der Waals surface area (Å²) < 4.78 is 18.0. The first-order valence-corrected chi connectivity index (χ1v) is 2.22. The van der Waals surface area contributed by atoms with Gasteiger partial charge in [0.1, 0.15) is 0 Å². The average Bonchev–Trinajstić information content (AvgIpc) is 0.811. The van der Waals surface area contributed by atoms with Crippen molar-refractivity contribution in [2.24, 2.45) is 0 Å². The summed E-state index contributed by atoms with van der Waals surface area (Å²) in [6, 6.07) is 0. The second kappa shape index (κ2) is 4.80. The molecule has 5 heavy (non-hydrogen) atoms. The van der Waals surface area contributed by atoms with E-state index < -0.39 is 11.1 Å². The van der Waals surface area contributed by atoms with E-state index in [0.29, 0.717) is 0 Å². The van der Waals surface area contributed by atoms with Crippen molar-refractivity contribution in [2.45, 2.75) is 0 Å². The third-order valence-corrected chi connectivity index (χ3v) is 0. The second-order valence-electron chi connectivity index (χ2n) is 0.401. The molecule has 32 valence electrons. The van der Waals surface area contributed by atoms with Crippen LogP contribution in [0.15, 0.2) is 0 Å². The fourth-order valence-corrected chi connectivity index (χ4v) is 0. The molecule has 0 aliphatic heterocycles. The van der Waals surface area contributed by atoms with Crippen molar-refractivity contribution in [1.82, 2.24) is 0 Å². The Hall–Kier alpha value is 0.798. The van der Waals surface area contributed by atoms with Gasteiger partial charge in [-0.25, -0.2) is 0 Å². The van der Waals surface area contributed by atoms with Crippen molar-refractivity contribution in [3.05, 3.63) is 0 Å². The van der Waals surface area contributed by atoms with Crippen LogP contribution in [-0.4, -0.2) is 15.0 Å². The van der Waals surface area contributed by atoms with Crippen molar-refractivity contribution in [1.29, 1.82) is 0 Å². The molecule has 2 nitrogen and oxygen atoms in total. The molecular formula is CH3O2SW-. The number of rotatable bonds is 0. The van der Waals surface area contributed by atoms with Crippen molar-refractivity contribution >= 4 is 11.1 Å². The molecule has 1 unspecified atom stereocenters. The van der Waals surface area contributed by atoms with Crippen LogP contribution in [0.5, 0.6) is 0 Å². The minimum Gasteiger partial charge on any atom is -0.773 e. The third kappa shape index (κ3) is 59.0. The molecular weight excluding hydrogens is 260 g/mol. The zero-order chi connectivity index (χ0) is 3.58. The van der Waals surface area contributed by atoms with Gasteiger partial charge in [0.05, 0.1) is 0 Å². The van der Waals surface area contributed by atoms with Crippen molar-refractivity contribution in [2.75, 3.05) is 6.26 Å². The van der Waals surface area contributed by atoms with E-state index in [2.05, 4.69) is 0 Å². The second-order valence-corrected chi connectivity index (χ2v) is 1.20. The standard InChI is InChI=1S/CH4O2S.W/c1-4(2)3;/h1H3,(H,2,3);/p-1. The average molecular weight is 263 g/mol. The molecule has 0 aliphatic rings. The van der Waals surface area contributed by atoms with E-state index in [0.717, 1.165) is 6.26 Å². The molecule has 0 aromatic carbocycles. The van der Waals surface area contributed by atoms with E-state index in [4.69, 9.17) is 8.76 Å². The maximum Gasteiger partial charge on any atom is 0 e. The van der Waals surface area contributed by atoms with Gasteiger partial charge in [-0.05, 0) is 6.26 Å². The molecule has 0 rings (SSSR count). The van der Waals surface area contributed by atoms with Crippen LogP contribution in [0.1, 0.15) is 0 Å². The predicted octanol–water partition coefficient (Wildman–Crippen LogP) is -0.507. The van der Waals surface area contributed by atoms with Crippen molar-refractivity contribution < 1.29 is 29.8 Å². The summed E-state index contributed by atoms with van der Waals surface area (Å²) in [4.78, 5) is 0. The number of hydrogen-bond acceptors (Lipinski definition) is 2. The van der Waals surface area contributed by atoms with Crippen molar-refractivity contribution in [3.8, 4) is 0 Å². The molecule has 0 amide bonds. The molecule has 0 saturated heterocycles. The summed E-state index contributed by atoms with van der Waals surface area (Å²) in [6.07, 6.45) is 1.08. The van der Waals surface area contributed by atoms with Crippen LogP contribution in [0.4, 0.5) is 0 Å². The zero-order valence-corrected chi connectivity index (χ0v) is 6.38. The summed E-state index contributed by atoms with van der Waals surface area (Å²) in [7, 11) is 0. The van der Waals surface area contributed by atoms with E-state index in [9.17, 15) is 0 Å². The minimum absolute atomic E-state index is 0. The maximum atomic E-state index is 9.00. The fourth-order valence-electron chi connectivity index (χ4n) is 0. The Balaban J connectivity index is 0. The van der Waals surface area contributed by atoms with Gasteiger partial charge in [-0.3, -0.25) is 4.21 Å². The molecule has 0 spiro atoms. The van der Waals surface area contributed by atoms with Gasteiger partial charge in [0.15, 0.2) is 0 Å². The Morgan fingerprint density at radius 3 is 1.80 bits per heavy atom. The van der Waals surface area contributed by atoms with Crippen LogP contribution in [0.25, 0.3) is 0 Å². The van der Waals surface area contributed by atoms with Gasteiger partial charge in [-0.2, -0.15) is 0 Å². The van der Waals surface area contributed by atoms with E-state index in [1.165, 1.54) is 0 Å². The molecule has 0 aliphatic carbocycles. The molecule has 1 atom stereocenters. The van der Waals surface area contributed by atoms with Crippen LogP contribution in [0.3, 0.4) is 0 Å². The predicted molar refractivity (Wildman–Crippen MR) is 14.8 cm³/mol. The summed E-state index contributed by atoms with van der Waals surface area (Å²) in [5.74, 6) is 0.